The van der Waals surface area contributed by atoms with Crippen LogP contribution in [0.1, 0.15) is 54.4 Å². The van der Waals surface area contributed by atoms with Crippen molar-refractivity contribution in [2.75, 3.05) is 0 Å². The average molecular weight is 237 g/mol. The van der Waals surface area contributed by atoms with Crippen molar-refractivity contribution in [3.63, 3.8) is 0 Å². The van der Waals surface area contributed by atoms with Crippen LogP contribution in [0.5, 0.6) is 0 Å². The zero-order valence-corrected chi connectivity index (χ0v) is 12.1. The van der Waals surface area contributed by atoms with E-state index in [0.29, 0.717) is 11.3 Å². The molecule has 2 atom stereocenters. The smallest absolute Gasteiger partial charge is 0.146 e. The first-order valence-electron chi connectivity index (χ1n) is 6.51. The third-order valence-electron chi connectivity index (χ3n) is 3.27. The first kappa shape index (κ1) is 14.3. The molecule has 0 aromatic rings. The van der Waals surface area contributed by atoms with Gasteiger partial charge in [0, 0.05) is 5.70 Å². The molecule has 0 aromatic carbocycles. The summed E-state index contributed by atoms with van der Waals surface area (Å²) < 4.78 is 0. The van der Waals surface area contributed by atoms with Crippen LogP contribution >= 0.6 is 0 Å². The van der Waals surface area contributed by atoms with E-state index in [2.05, 4.69) is 46.0 Å². The van der Waals surface area contributed by atoms with Crippen LogP contribution < -0.4 is 5.32 Å². The maximum Gasteiger partial charge on any atom is 0.146 e. The van der Waals surface area contributed by atoms with Crippen molar-refractivity contribution in [3.05, 3.63) is 22.9 Å². The van der Waals surface area contributed by atoms with Crippen LogP contribution in [0.25, 0.3) is 0 Å². The summed E-state index contributed by atoms with van der Waals surface area (Å²) in [6, 6.07) is 0. The minimum absolute atomic E-state index is 0.369. The minimum atomic E-state index is -0.503. The lowest BCUT2D eigenvalue weighted by molar-refractivity contribution is 0.177. The van der Waals surface area contributed by atoms with Crippen molar-refractivity contribution in [1.82, 2.24) is 5.32 Å². The average Bonchev–Trinajstić information content (AvgIpc) is 2.10. The Morgan fingerprint density at radius 2 is 1.94 bits per heavy atom. The first-order chi connectivity index (χ1) is 7.69. The minimum Gasteiger partial charge on any atom is -0.370 e. The van der Waals surface area contributed by atoms with Crippen molar-refractivity contribution in [1.29, 1.82) is 0 Å². The summed E-state index contributed by atoms with van der Waals surface area (Å²) in [7, 11) is 0. The Kier molecular flexibility index (Phi) is 4.42. The fourth-order valence-electron chi connectivity index (χ4n) is 2.53. The van der Waals surface area contributed by atoms with Gasteiger partial charge in [-0.05, 0) is 55.2 Å². The van der Waals surface area contributed by atoms with Crippen molar-refractivity contribution in [2.45, 2.75) is 60.6 Å². The second-order valence-corrected chi connectivity index (χ2v) is 6.66. The Labute approximate surface area is 106 Å². The lowest BCUT2D eigenvalue weighted by Crippen LogP contribution is -2.33. The van der Waals surface area contributed by atoms with Crippen LogP contribution in [0, 0.1) is 11.3 Å². The van der Waals surface area contributed by atoms with Crippen molar-refractivity contribution >= 4 is 0 Å². The molecule has 0 radical (unpaired) electrons. The third kappa shape index (κ3) is 4.55. The first-order valence-corrected chi connectivity index (χ1v) is 6.51. The molecule has 1 aliphatic rings. The van der Waals surface area contributed by atoms with Gasteiger partial charge in [-0.2, -0.15) is 0 Å². The molecule has 0 aromatic heterocycles. The van der Waals surface area contributed by atoms with E-state index >= 15 is 0 Å². The van der Waals surface area contributed by atoms with E-state index in [4.69, 9.17) is 0 Å². The van der Waals surface area contributed by atoms with Crippen molar-refractivity contribution in [3.8, 4) is 0 Å². The van der Waals surface area contributed by atoms with E-state index in [-0.39, 0.29) is 0 Å². The number of allylic oxidation sites excluding steroid dienone is 3. The second kappa shape index (κ2) is 5.26. The molecule has 0 amide bonds. The van der Waals surface area contributed by atoms with E-state index < -0.39 is 6.23 Å². The predicted octanol–water partition coefficient (Wildman–Crippen LogP) is 3.59. The van der Waals surface area contributed by atoms with Crippen LogP contribution in [-0.4, -0.2) is 11.3 Å². The van der Waals surface area contributed by atoms with E-state index in [1.54, 1.807) is 0 Å². The molecular weight excluding hydrogens is 210 g/mol. The largest absolute Gasteiger partial charge is 0.370 e. The molecular formula is C15H27NO. The molecule has 0 bridgehead atoms. The quantitative estimate of drug-likeness (QED) is 0.786. The molecule has 0 aliphatic carbocycles. The molecule has 2 N–H and O–H groups in total. The Balaban J connectivity index is 2.62. The monoisotopic (exact) mass is 237 g/mol. The second-order valence-electron chi connectivity index (χ2n) is 6.66. The molecule has 98 valence electrons. The van der Waals surface area contributed by atoms with Crippen LogP contribution in [0.15, 0.2) is 22.9 Å². The van der Waals surface area contributed by atoms with Gasteiger partial charge in [0.2, 0.25) is 0 Å². The van der Waals surface area contributed by atoms with E-state index in [9.17, 15) is 5.11 Å². The van der Waals surface area contributed by atoms with Crippen molar-refractivity contribution in [2.24, 2.45) is 11.3 Å². The number of nitrogens with one attached hydrogen (secondary N) is 1. The van der Waals surface area contributed by atoms with E-state index in [1.807, 2.05) is 6.92 Å². The SMILES string of the molecule is CC1=C(C)C(O)NC(CC(C)CC(C)(C)C)=C1. The molecule has 0 saturated carbocycles. The zero-order valence-electron chi connectivity index (χ0n) is 12.1. The van der Waals surface area contributed by atoms with Gasteiger partial charge in [-0.1, -0.05) is 27.7 Å². The number of hydrogen-bond donors (Lipinski definition) is 2. The topological polar surface area (TPSA) is 32.3 Å². The highest BCUT2D eigenvalue weighted by atomic mass is 16.3. The summed E-state index contributed by atoms with van der Waals surface area (Å²) in [6.45, 7) is 13.1. The highest BCUT2D eigenvalue weighted by molar-refractivity contribution is 5.32. The van der Waals surface area contributed by atoms with Gasteiger partial charge in [0.25, 0.3) is 0 Å². The molecule has 2 heteroatoms. The fraction of sp³-hybridized carbons (Fsp3) is 0.733. The van der Waals surface area contributed by atoms with E-state index in [0.717, 1.165) is 17.7 Å². The molecule has 2 nitrogen and oxygen atoms in total. The lowest BCUT2D eigenvalue weighted by Gasteiger charge is -2.28. The van der Waals surface area contributed by atoms with Crippen LogP contribution in [0.3, 0.4) is 0 Å². The van der Waals surface area contributed by atoms with Crippen molar-refractivity contribution < 1.29 is 5.11 Å². The van der Waals surface area contributed by atoms with Crippen LogP contribution in [-0.2, 0) is 0 Å². The van der Waals surface area contributed by atoms with Gasteiger partial charge < -0.3 is 10.4 Å². The number of aliphatic hydroxyl groups excluding tert-OH is 1. The molecule has 1 aliphatic heterocycles. The number of aliphatic hydroxyl groups is 1. The van der Waals surface area contributed by atoms with Gasteiger partial charge in [0.1, 0.15) is 6.23 Å². The van der Waals surface area contributed by atoms with Gasteiger partial charge in [-0.3, -0.25) is 0 Å². The molecule has 17 heavy (non-hydrogen) atoms. The molecule has 1 rings (SSSR count). The third-order valence-corrected chi connectivity index (χ3v) is 3.27. The predicted molar refractivity (Wildman–Crippen MR) is 73.5 cm³/mol. The number of hydrogen-bond acceptors (Lipinski definition) is 2. The summed E-state index contributed by atoms with van der Waals surface area (Å²) in [5.41, 5.74) is 3.75. The Bertz CT molecular complexity index is 333. The zero-order chi connectivity index (χ0) is 13.2. The molecule has 0 fully saturated rings. The fourth-order valence-corrected chi connectivity index (χ4v) is 2.53. The summed E-state index contributed by atoms with van der Waals surface area (Å²) in [6.07, 6.45) is 3.88. The molecule has 0 spiro atoms. The maximum absolute atomic E-state index is 9.85. The van der Waals surface area contributed by atoms with Gasteiger partial charge in [-0.15, -0.1) is 0 Å². The normalized spacial score (nSPS) is 23.2. The van der Waals surface area contributed by atoms with Crippen LogP contribution in [0.4, 0.5) is 0 Å². The Morgan fingerprint density at radius 1 is 1.35 bits per heavy atom. The standard InChI is InChI=1S/C15H27NO/c1-10(9-15(4,5)6)7-13-8-11(2)12(3)14(17)16-13/h8,10,14,16-17H,7,9H2,1-6H3. The van der Waals surface area contributed by atoms with Gasteiger partial charge in [-0.25, -0.2) is 0 Å². The lowest BCUT2D eigenvalue weighted by atomic mass is 9.83. The molecule has 2 unspecified atom stereocenters. The van der Waals surface area contributed by atoms with E-state index in [1.165, 1.54) is 12.0 Å². The summed E-state index contributed by atoms with van der Waals surface area (Å²) >= 11 is 0. The Hall–Kier alpha value is -0.760. The van der Waals surface area contributed by atoms with Gasteiger partial charge in [0.05, 0.1) is 0 Å². The number of rotatable bonds is 3. The highest BCUT2D eigenvalue weighted by Crippen LogP contribution is 2.29. The van der Waals surface area contributed by atoms with Gasteiger partial charge >= 0.3 is 0 Å². The Morgan fingerprint density at radius 3 is 2.41 bits per heavy atom. The summed E-state index contributed by atoms with van der Waals surface area (Å²) in [5, 5.41) is 13.0. The van der Waals surface area contributed by atoms with Crippen LogP contribution in [0.2, 0.25) is 0 Å². The maximum atomic E-state index is 9.85. The summed E-state index contributed by atoms with van der Waals surface area (Å²) in [5.74, 6) is 0.632. The molecule has 1 heterocycles. The highest BCUT2D eigenvalue weighted by Gasteiger charge is 2.20. The number of dihydropyridines is 1. The molecule has 0 saturated heterocycles. The summed E-state index contributed by atoms with van der Waals surface area (Å²) in [4.78, 5) is 0. The van der Waals surface area contributed by atoms with Gasteiger partial charge in [0.15, 0.2) is 0 Å².